The highest BCUT2D eigenvalue weighted by atomic mass is 35.5. The first-order valence-corrected chi connectivity index (χ1v) is 11.1. The zero-order chi connectivity index (χ0) is 22.3. The van der Waals surface area contributed by atoms with Crippen LogP contribution in [0.3, 0.4) is 0 Å². The minimum Gasteiger partial charge on any atom is -0.324 e. The van der Waals surface area contributed by atoms with Crippen LogP contribution in [0.2, 0.25) is 5.02 Å². The topological polar surface area (TPSA) is 64.0 Å². The SMILES string of the molecule is Cc1ccc(-c2csc3ncn(C(C)C(=O)Nc4ccc(C)c(Cl)c4)c(=O)c23)c(C)c1. The van der Waals surface area contributed by atoms with Crippen LogP contribution in [-0.2, 0) is 4.79 Å². The quantitative estimate of drug-likeness (QED) is 0.420. The Morgan fingerprint density at radius 3 is 2.58 bits per heavy atom. The molecule has 0 saturated carbocycles. The van der Waals surface area contributed by atoms with Crippen molar-refractivity contribution in [3.05, 3.63) is 80.2 Å². The molecule has 0 radical (unpaired) electrons. The minimum absolute atomic E-state index is 0.231. The molecule has 1 amide bonds. The predicted molar refractivity (Wildman–Crippen MR) is 128 cm³/mol. The molecule has 0 aliphatic carbocycles. The Hall–Kier alpha value is -2.96. The van der Waals surface area contributed by atoms with Crippen LogP contribution in [0.15, 0.2) is 52.9 Å². The van der Waals surface area contributed by atoms with Crippen molar-refractivity contribution in [3.8, 4) is 11.1 Å². The number of aromatic nitrogens is 2. The Morgan fingerprint density at radius 2 is 1.87 bits per heavy atom. The third-order valence-electron chi connectivity index (χ3n) is 5.43. The molecule has 0 saturated heterocycles. The second-order valence-corrected chi connectivity index (χ2v) is 9.00. The first-order chi connectivity index (χ1) is 14.8. The first-order valence-electron chi connectivity index (χ1n) is 9.89. The van der Waals surface area contributed by atoms with E-state index in [0.717, 1.165) is 27.8 Å². The van der Waals surface area contributed by atoms with Crippen LogP contribution < -0.4 is 10.9 Å². The summed E-state index contributed by atoms with van der Waals surface area (Å²) in [5.41, 5.74) is 5.39. The van der Waals surface area contributed by atoms with E-state index >= 15 is 0 Å². The molecule has 2 aromatic heterocycles. The molecule has 4 rings (SSSR count). The molecule has 1 N–H and O–H groups in total. The molecule has 31 heavy (non-hydrogen) atoms. The van der Waals surface area contributed by atoms with Gasteiger partial charge in [0.25, 0.3) is 5.56 Å². The third-order valence-corrected chi connectivity index (χ3v) is 6.72. The first kappa shape index (κ1) is 21.3. The van der Waals surface area contributed by atoms with Gasteiger partial charge in [-0.05, 0) is 56.5 Å². The Balaban J connectivity index is 1.72. The standard InChI is InChI=1S/C24H22ClN3O2S/c1-13-5-8-18(15(3)9-13)19-11-31-23-21(19)24(30)28(12-26-23)16(4)22(29)27-17-7-6-14(2)20(25)10-17/h5-12,16H,1-4H3,(H,27,29). The summed E-state index contributed by atoms with van der Waals surface area (Å²) in [5.74, 6) is -0.313. The normalized spacial score (nSPS) is 12.2. The average Bonchev–Trinajstić information content (AvgIpc) is 3.15. The van der Waals surface area contributed by atoms with Crippen molar-refractivity contribution in [2.24, 2.45) is 0 Å². The number of fused-ring (bicyclic) bond motifs is 1. The lowest BCUT2D eigenvalue weighted by molar-refractivity contribution is -0.118. The van der Waals surface area contributed by atoms with Crippen LogP contribution in [0.1, 0.15) is 29.7 Å². The van der Waals surface area contributed by atoms with Gasteiger partial charge in [0.05, 0.1) is 11.7 Å². The second-order valence-electron chi connectivity index (χ2n) is 7.73. The Labute approximate surface area is 189 Å². The molecule has 0 spiro atoms. The maximum absolute atomic E-state index is 13.4. The monoisotopic (exact) mass is 451 g/mol. The summed E-state index contributed by atoms with van der Waals surface area (Å²) in [7, 11) is 0. The highest BCUT2D eigenvalue weighted by molar-refractivity contribution is 7.17. The van der Waals surface area contributed by atoms with Crippen LogP contribution in [-0.4, -0.2) is 15.5 Å². The largest absolute Gasteiger partial charge is 0.324 e. The van der Waals surface area contributed by atoms with Gasteiger partial charge in [-0.25, -0.2) is 4.98 Å². The number of anilines is 1. The molecular weight excluding hydrogens is 430 g/mol. The number of rotatable bonds is 4. The van der Waals surface area contributed by atoms with E-state index in [2.05, 4.69) is 16.4 Å². The van der Waals surface area contributed by atoms with Gasteiger partial charge in [-0.2, -0.15) is 0 Å². The number of halogens is 1. The van der Waals surface area contributed by atoms with E-state index < -0.39 is 6.04 Å². The molecule has 5 nitrogen and oxygen atoms in total. The molecule has 0 bridgehead atoms. The Bertz CT molecular complexity index is 1370. The molecule has 7 heteroatoms. The van der Waals surface area contributed by atoms with Gasteiger partial charge in [0.1, 0.15) is 10.9 Å². The number of carbonyl (C=O) groups is 1. The number of amides is 1. The summed E-state index contributed by atoms with van der Waals surface area (Å²) in [5, 5.41) is 5.90. The molecule has 1 atom stereocenters. The lowest BCUT2D eigenvalue weighted by Crippen LogP contribution is -2.31. The number of hydrogen-bond donors (Lipinski definition) is 1. The second kappa shape index (κ2) is 8.29. The van der Waals surface area contributed by atoms with Gasteiger partial charge in [-0.15, -0.1) is 11.3 Å². The zero-order valence-electron chi connectivity index (χ0n) is 17.7. The van der Waals surface area contributed by atoms with Crippen molar-refractivity contribution in [2.75, 3.05) is 5.32 Å². The highest BCUT2D eigenvalue weighted by Crippen LogP contribution is 2.33. The molecular formula is C24H22ClN3O2S. The Morgan fingerprint density at radius 1 is 1.10 bits per heavy atom. The number of hydrogen-bond acceptors (Lipinski definition) is 4. The fourth-order valence-electron chi connectivity index (χ4n) is 3.58. The van der Waals surface area contributed by atoms with Gasteiger partial charge in [0, 0.05) is 21.7 Å². The molecule has 2 heterocycles. The summed E-state index contributed by atoms with van der Waals surface area (Å²) in [4.78, 5) is 31.3. The number of benzene rings is 2. The number of aryl methyl sites for hydroxylation is 3. The third kappa shape index (κ3) is 4.01. The lowest BCUT2D eigenvalue weighted by Gasteiger charge is -2.15. The fourth-order valence-corrected chi connectivity index (χ4v) is 4.66. The van der Waals surface area contributed by atoms with Gasteiger partial charge < -0.3 is 5.32 Å². The molecule has 4 aromatic rings. The van der Waals surface area contributed by atoms with Gasteiger partial charge in [-0.3, -0.25) is 14.2 Å². The van der Waals surface area contributed by atoms with Crippen LogP contribution >= 0.6 is 22.9 Å². The molecule has 0 aliphatic heterocycles. The number of carbonyl (C=O) groups excluding carboxylic acids is 1. The smallest absolute Gasteiger partial charge is 0.263 e. The van der Waals surface area contributed by atoms with E-state index in [-0.39, 0.29) is 11.5 Å². The van der Waals surface area contributed by atoms with Crippen molar-refractivity contribution in [1.29, 1.82) is 0 Å². The summed E-state index contributed by atoms with van der Waals surface area (Å²) in [6.07, 6.45) is 1.44. The summed E-state index contributed by atoms with van der Waals surface area (Å²) < 4.78 is 1.38. The van der Waals surface area contributed by atoms with Crippen LogP contribution in [0.5, 0.6) is 0 Å². The number of thiophene rings is 1. The highest BCUT2D eigenvalue weighted by Gasteiger charge is 2.21. The summed E-state index contributed by atoms with van der Waals surface area (Å²) in [6, 6.07) is 10.7. The van der Waals surface area contributed by atoms with E-state index in [4.69, 9.17) is 11.6 Å². The van der Waals surface area contributed by atoms with Crippen LogP contribution in [0.25, 0.3) is 21.3 Å². The van der Waals surface area contributed by atoms with Gasteiger partial charge in [0.2, 0.25) is 5.91 Å². The van der Waals surface area contributed by atoms with Gasteiger partial charge in [-0.1, -0.05) is 41.4 Å². The zero-order valence-corrected chi connectivity index (χ0v) is 19.3. The molecule has 0 fully saturated rings. The molecule has 1 unspecified atom stereocenters. The fraction of sp³-hybridized carbons (Fsp3) is 0.208. The molecule has 0 aliphatic rings. The van der Waals surface area contributed by atoms with E-state index in [9.17, 15) is 9.59 Å². The maximum Gasteiger partial charge on any atom is 0.263 e. The van der Waals surface area contributed by atoms with Gasteiger partial charge in [0.15, 0.2) is 0 Å². The van der Waals surface area contributed by atoms with Gasteiger partial charge >= 0.3 is 0 Å². The van der Waals surface area contributed by atoms with E-state index in [1.807, 2.05) is 44.4 Å². The minimum atomic E-state index is -0.739. The van der Waals surface area contributed by atoms with Crippen molar-refractivity contribution >= 4 is 44.7 Å². The van der Waals surface area contributed by atoms with E-state index in [1.165, 1.54) is 22.2 Å². The number of nitrogens with one attached hydrogen (secondary N) is 1. The van der Waals surface area contributed by atoms with E-state index in [1.54, 1.807) is 19.1 Å². The van der Waals surface area contributed by atoms with Crippen molar-refractivity contribution in [2.45, 2.75) is 33.7 Å². The number of nitrogens with zero attached hydrogens (tertiary/aromatic N) is 2. The van der Waals surface area contributed by atoms with Crippen molar-refractivity contribution in [3.63, 3.8) is 0 Å². The van der Waals surface area contributed by atoms with E-state index in [0.29, 0.717) is 20.9 Å². The maximum atomic E-state index is 13.4. The average molecular weight is 452 g/mol. The van der Waals surface area contributed by atoms with Crippen LogP contribution in [0.4, 0.5) is 5.69 Å². The Kier molecular flexibility index (Phi) is 5.69. The molecule has 2 aromatic carbocycles. The lowest BCUT2D eigenvalue weighted by atomic mass is 9.99. The van der Waals surface area contributed by atoms with Crippen molar-refractivity contribution < 1.29 is 4.79 Å². The predicted octanol–water partition coefficient (Wildman–Crippen LogP) is 5.90. The van der Waals surface area contributed by atoms with Crippen molar-refractivity contribution in [1.82, 2.24) is 9.55 Å². The summed E-state index contributed by atoms with van der Waals surface area (Å²) in [6.45, 7) is 7.65. The molecule has 158 valence electrons. The van der Waals surface area contributed by atoms with Crippen LogP contribution in [0, 0.1) is 20.8 Å². The summed E-state index contributed by atoms with van der Waals surface area (Å²) >= 11 is 7.59.